The normalized spacial score (nSPS) is 16.9. The Hall–Kier alpha value is -3.11. The number of benzene rings is 1. The number of carbonyl (C=O) groups is 1. The van der Waals surface area contributed by atoms with Crippen molar-refractivity contribution in [2.75, 3.05) is 35.6 Å². The number of hydrogen-bond acceptors (Lipinski definition) is 9. The minimum Gasteiger partial charge on any atom is -0.489 e. The fourth-order valence-electron chi connectivity index (χ4n) is 2.48. The lowest BCUT2D eigenvalue weighted by atomic mass is 10.2. The molecule has 3 rings (SSSR count). The number of hydrogen-bond donors (Lipinski definition) is 6. The van der Waals surface area contributed by atoms with E-state index in [1.54, 1.807) is 19.1 Å². The lowest BCUT2D eigenvalue weighted by Crippen LogP contribution is -2.23. The van der Waals surface area contributed by atoms with E-state index in [-0.39, 0.29) is 30.5 Å². The Bertz CT molecular complexity index is 829. The van der Waals surface area contributed by atoms with Gasteiger partial charge in [0.25, 0.3) is 5.91 Å². The second-order valence-electron chi connectivity index (χ2n) is 6.23. The van der Waals surface area contributed by atoms with Crippen molar-refractivity contribution < 1.29 is 19.7 Å². The van der Waals surface area contributed by atoms with Gasteiger partial charge < -0.3 is 36.6 Å². The third kappa shape index (κ3) is 4.74. The van der Waals surface area contributed by atoms with Crippen LogP contribution in [-0.2, 0) is 0 Å². The van der Waals surface area contributed by atoms with Gasteiger partial charge in [0.05, 0.1) is 17.4 Å². The van der Waals surface area contributed by atoms with Crippen LogP contribution in [0.1, 0.15) is 17.3 Å². The van der Waals surface area contributed by atoms with Crippen molar-refractivity contribution in [2.24, 2.45) is 5.73 Å². The van der Waals surface area contributed by atoms with Crippen molar-refractivity contribution in [3.8, 4) is 5.75 Å². The number of rotatable bonds is 6. The molecule has 10 heteroatoms. The Morgan fingerprint density at radius 3 is 3.07 bits per heavy atom. The summed E-state index contributed by atoms with van der Waals surface area (Å²) < 4.78 is 5.52. The quantitative estimate of drug-likeness (QED) is 0.418. The van der Waals surface area contributed by atoms with E-state index in [1.807, 2.05) is 6.07 Å². The van der Waals surface area contributed by atoms with Crippen LogP contribution in [0, 0.1) is 0 Å². The van der Waals surface area contributed by atoms with Crippen LogP contribution in [0.5, 0.6) is 5.75 Å². The minimum atomic E-state index is -0.667. The number of nitrogens with one attached hydrogen (secondary N) is 3. The van der Waals surface area contributed by atoms with E-state index < -0.39 is 18.1 Å². The Kier molecular flexibility index (Phi) is 5.57. The van der Waals surface area contributed by atoms with Gasteiger partial charge in [0.2, 0.25) is 5.95 Å². The van der Waals surface area contributed by atoms with Crippen LogP contribution in [0.15, 0.2) is 24.4 Å². The van der Waals surface area contributed by atoms with Crippen LogP contribution in [0.25, 0.3) is 0 Å². The highest BCUT2D eigenvalue weighted by Gasteiger charge is 2.16. The molecule has 1 unspecified atom stereocenters. The summed E-state index contributed by atoms with van der Waals surface area (Å²) in [4.78, 5) is 19.9. The first-order valence-corrected chi connectivity index (χ1v) is 8.47. The number of aromatic nitrogens is 2. The number of primary amides is 1. The highest BCUT2D eigenvalue weighted by Crippen LogP contribution is 2.30. The van der Waals surface area contributed by atoms with Gasteiger partial charge in [-0.1, -0.05) is 0 Å². The highest BCUT2D eigenvalue weighted by atomic mass is 16.5. The van der Waals surface area contributed by atoms with E-state index in [4.69, 9.17) is 10.5 Å². The van der Waals surface area contributed by atoms with Crippen LogP contribution in [0.4, 0.5) is 23.1 Å². The maximum absolute atomic E-state index is 11.5. The molecule has 1 aliphatic rings. The third-order valence-corrected chi connectivity index (χ3v) is 3.81. The molecule has 0 aliphatic carbocycles. The zero-order valence-corrected chi connectivity index (χ0v) is 14.8. The summed E-state index contributed by atoms with van der Waals surface area (Å²) in [5.74, 6) is 0.462. The molecule has 2 heterocycles. The van der Waals surface area contributed by atoms with Gasteiger partial charge in [-0.05, 0) is 25.1 Å². The van der Waals surface area contributed by atoms with Crippen LogP contribution >= 0.6 is 0 Å². The molecule has 1 aromatic heterocycles. The molecular weight excluding hydrogens is 352 g/mol. The number of amides is 1. The number of fused-ring (bicyclic) bond motifs is 1. The fourth-order valence-corrected chi connectivity index (χ4v) is 2.48. The van der Waals surface area contributed by atoms with Crippen molar-refractivity contribution in [2.45, 2.75) is 19.1 Å². The van der Waals surface area contributed by atoms with Crippen LogP contribution in [0.2, 0.25) is 0 Å². The summed E-state index contributed by atoms with van der Waals surface area (Å²) in [6.45, 7) is 2.43. The first-order chi connectivity index (χ1) is 12.9. The lowest BCUT2D eigenvalue weighted by Gasteiger charge is -2.13. The average Bonchev–Trinajstić information content (AvgIpc) is 2.81. The fraction of sp³-hybridized carbons (Fsp3) is 0.353. The Morgan fingerprint density at radius 2 is 2.33 bits per heavy atom. The molecule has 0 saturated carbocycles. The molecule has 2 aromatic rings. The minimum absolute atomic E-state index is 0.132. The van der Waals surface area contributed by atoms with E-state index in [0.717, 1.165) is 5.69 Å². The van der Waals surface area contributed by atoms with E-state index in [1.165, 1.54) is 6.20 Å². The Balaban J connectivity index is 1.81. The van der Waals surface area contributed by atoms with Gasteiger partial charge in [-0.25, -0.2) is 4.98 Å². The SMILES string of the molecule is CC(O)CNc1nc(Nc2ccc3c(c2)NC[C@H](O)CO3)ncc1C(N)=O. The number of nitrogens with zero attached hydrogens (tertiary/aromatic N) is 2. The smallest absolute Gasteiger partial charge is 0.254 e. The standard InChI is InChI=1S/C17H22N6O4/c1-9(24)5-20-16-12(15(18)26)7-21-17(23-16)22-10-2-3-14-13(4-10)19-6-11(25)8-27-14/h2-4,7,9,11,19,24-25H,5-6,8H2,1H3,(H2,18,26)(H2,20,21,22,23)/t9?,11-/m0/s1. The monoisotopic (exact) mass is 374 g/mol. The van der Waals surface area contributed by atoms with Crippen LogP contribution in [-0.4, -0.2) is 58.0 Å². The molecule has 1 aromatic carbocycles. The third-order valence-electron chi connectivity index (χ3n) is 3.81. The van der Waals surface area contributed by atoms with E-state index >= 15 is 0 Å². The Morgan fingerprint density at radius 1 is 1.52 bits per heavy atom. The molecule has 0 fully saturated rings. The van der Waals surface area contributed by atoms with Crippen LogP contribution < -0.4 is 26.4 Å². The maximum atomic E-state index is 11.5. The summed E-state index contributed by atoms with van der Waals surface area (Å²) in [6.07, 6.45) is 0.118. The van der Waals surface area contributed by atoms with Gasteiger partial charge in [0.1, 0.15) is 24.3 Å². The molecule has 144 valence electrons. The molecule has 27 heavy (non-hydrogen) atoms. The lowest BCUT2D eigenvalue weighted by molar-refractivity contribution is 0.1000. The number of aliphatic hydroxyl groups is 2. The van der Waals surface area contributed by atoms with Gasteiger partial charge >= 0.3 is 0 Å². The molecular formula is C17H22N6O4. The number of ether oxygens (including phenoxy) is 1. The predicted molar refractivity (Wildman–Crippen MR) is 100 cm³/mol. The van der Waals surface area contributed by atoms with E-state index in [0.29, 0.717) is 18.0 Å². The summed E-state index contributed by atoms with van der Waals surface area (Å²) in [5, 5.41) is 28.1. The predicted octanol–water partition coefficient (Wildman–Crippen LogP) is 0.277. The van der Waals surface area contributed by atoms with E-state index in [9.17, 15) is 15.0 Å². The largest absolute Gasteiger partial charge is 0.489 e. The zero-order chi connectivity index (χ0) is 19.4. The van der Waals surface area contributed by atoms with Crippen LogP contribution in [0.3, 0.4) is 0 Å². The van der Waals surface area contributed by atoms with Gasteiger partial charge in [-0.3, -0.25) is 4.79 Å². The number of β-amino-alcohol motifs (C(OH)–C–C–N with tert-alkyl or cyclic N) is 1. The number of aliphatic hydroxyl groups excluding tert-OH is 2. The van der Waals surface area contributed by atoms with Crippen molar-refractivity contribution in [1.82, 2.24) is 9.97 Å². The molecule has 1 aliphatic heterocycles. The molecule has 0 spiro atoms. The summed E-state index contributed by atoms with van der Waals surface area (Å²) >= 11 is 0. The van der Waals surface area contributed by atoms with Crippen molar-refractivity contribution >= 4 is 29.0 Å². The number of anilines is 4. The highest BCUT2D eigenvalue weighted by molar-refractivity contribution is 5.97. The first kappa shape index (κ1) is 18.7. The Labute approximate surface area is 155 Å². The summed E-state index contributed by atoms with van der Waals surface area (Å²) in [7, 11) is 0. The van der Waals surface area contributed by atoms with Gasteiger partial charge in [-0.15, -0.1) is 0 Å². The van der Waals surface area contributed by atoms with Crippen molar-refractivity contribution in [3.63, 3.8) is 0 Å². The zero-order valence-electron chi connectivity index (χ0n) is 14.8. The second-order valence-corrected chi connectivity index (χ2v) is 6.23. The molecule has 0 bridgehead atoms. The first-order valence-electron chi connectivity index (χ1n) is 8.47. The molecule has 7 N–H and O–H groups in total. The molecule has 1 amide bonds. The summed E-state index contributed by atoms with van der Waals surface area (Å²) in [6, 6.07) is 5.36. The van der Waals surface area contributed by atoms with Gasteiger partial charge in [0, 0.05) is 25.0 Å². The molecule has 0 saturated heterocycles. The number of nitrogens with two attached hydrogens (primary N) is 1. The van der Waals surface area contributed by atoms with E-state index in [2.05, 4.69) is 25.9 Å². The molecule has 0 radical (unpaired) electrons. The molecule has 2 atom stereocenters. The maximum Gasteiger partial charge on any atom is 0.254 e. The van der Waals surface area contributed by atoms with Gasteiger partial charge in [-0.2, -0.15) is 4.98 Å². The molecule has 10 nitrogen and oxygen atoms in total. The van der Waals surface area contributed by atoms with Crippen molar-refractivity contribution in [3.05, 3.63) is 30.0 Å². The topological polar surface area (TPSA) is 155 Å². The number of carbonyl (C=O) groups excluding carboxylic acids is 1. The second kappa shape index (κ2) is 8.06. The van der Waals surface area contributed by atoms with Gasteiger partial charge in [0.15, 0.2) is 0 Å². The summed E-state index contributed by atoms with van der Waals surface area (Å²) in [5.41, 5.74) is 6.90. The van der Waals surface area contributed by atoms with Crippen molar-refractivity contribution in [1.29, 1.82) is 0 Å². The average molecular weight is 374 g/mol.